The molecule has 1 aliphatic carbocycles. The molecule has 3 amide bonds. The lowest BCUT2D eigenvalue weighted by Crippen LogP contribution is -2.59. The number of hydrogen-bond donors (Lipinski definition) is 3. The largest absolute Gasteiger partial charge is 0.444 e. The van der Waals surface area contributed by atoms with Crippen molar-refractivity contribution >= 4 is 17.9 Å². The fourth-order valence-electron chi connectivity index (χ4n) is 4.11. The zero-order valence-electron chi connectivity index (χ0n) is 21.5. The van der Waals surface area contributed by atoms with Crippen LogP contribution in [0.4, 0.5) is 4.79 Å². The van der Waals surface area contributed by atoms with E-state index in [0.29, 0.717) is 24.0 Å². The molecule has 1 aromatic rings. The number of hydrogen-bond acceptors (Lipinski definition) is 5. The van der Waals surface area contributed by atoms with Crippen LogP contribution in [0.5, 0.6) is 0 Å². The lowest BCUT2D eigenvalue weighted by molar-refractivity contribution is -0.148. The molecule has 2 rings (SSSR count). The number of rotatable bonds is 10. The molecular formula is C27H39N3O5. The number of nitrogens with one attached hydrogen (secondary N) is 2. The first-order valence-corrected chi connectivity index (χ1v) is 12.3. The first-order valence-electron chi connectivity index (χ1n) is 12.3. The molecule has 8 heteroatoms. The Morgan fingerprint density at radius 1 is 1.23 bits per heavy atom. The molecule has 3 atom stereocenters. The molecule has 3 N–H and O–H groups in total. The van der Waals surface area contributed by atoms with Gasteiger partial charge in [0.15, 0.2) is 0 Å². The highest BCUT2D eigenvalue weighted by atomic mass is 16.6. The molecule has 0 saturated heterocycles. The van der Waals surface area contributed by atoms with Crippen LogP contribution < -0.4 is 10.6 Å². The summed E-state index contributed by atoms with van der Waals surface area (Å²) in [5.41, 5.74) is 0.267. The van der Waals surface area contributed by atoms with Gasteiger partial charge >= 0.3 is 6.09 Å². The monoisotopic (exact) mass is 485 g/mol. The molecule has 0 spiro atoms. The van der Waals surface area contributed by atoms with Crippen molar-refractivity contribution in [3.63, 3.8) is 0 Å². The van der Waals surface area contributed by atoms with Gasteiger partial charge in [-0.25, -0.2) is 4.79 Å². The van der Waals surface area contributed by atoms with Crippen molar-refractivity contribution < 1.29 is 24.2 Å². The lowest BCUT2D eigenvalue weighted by Gasteiger charge is -2.43. The second kappa shape index (κ2) is 12.6. The highest BCUT2D eigenvalue weighted by Gasteiger charge is 2.42. The smallest absolute Gasteiger partial charge is 0.408 e. The van der Waals surface area contributed by atoms with E-state index in [-0.39, 0.29) is 18.0 Å². The van der Waals surface area contributed by atoms with E-state index in [1.807, 2.05) is 13.8 Å². The highest BCUT2D eigenvalue weighted by molar-refractivity contribution is 5.93. The van der Waals surface area contributed by atoms with Crippen molar-refractivity contribution in [2.45, 2.75) is 96.5 Å². The van der Waals surface area contributed by atoms with Crippen LogP contribution in [0.15, 0.2) is 24.3 Å². The Balaban J connectivity index is 2.48. The van der Waals surface area contributed by atoms with Gasteiger partial charge in [-0.2, -0.15) is 0 Å². The summed E-state index contributed by atoms with van der Waals surface area (Å²) in [5, 5.41) is 15.5. The first kappa shape index (κ1) is 28.2. The Morgan fingerprint density at radius 2 is 1.89 bits per heavy atom. The van der Waals surface area contributed by atoms with Crippen LogP contribution in [-0.4, -0.2) is 58.2 Å². The second-order valence-electron chi connectivity index (χ2n) is 10.0. The first-order chi connectivity index (χ1) is 16.5. The molecule has 0 heterocycles. The SMILES string of the molecule is C#Cc1ccccc1C(C(=O)NC(C)CCC)N(C(=O)C(CO)NC(=O)OC(C)(C)C)C1CCC1. The van der Waals surface area contributed by atoms with Gasteiger partial charge in [-0.1, -0.05) is 37.5 Å². The molecular weight excluding hydrogens is 446 g/mol. The number of aliphatic hydroxyl groups excluding tert-OH is 1. The predicted molar refractivity (Wildman–Crippen MR) is 134 cm³/mol. The molecule has 1 saturated carbocycles. The van der Waals surface area contributed by atoms with E-state index in [0.717, 1.165) is 19.3 Å². The number of benzene rings is 1. The van der Waals surface area contributed by atoms with E-state index in [1.165, 1.54) is 4.90 Å². The van der Waals surface area contributed by atoms with E-state index < -0.39 is 36.3 Å². The summed E-state index contributed by atoms with van der Waals surface area (Å²) in [6.07, 6.45) is 8.94. The highest BCUT2D eigenvalue weighted by Crippen LogP contribution is 2.35. The van der Waals surface area contributed by atoms with Gasteiger partial charge in [-0.3, -0.25) is 9.59 Å². The third-order valence-corrected chi connectivity index (χ3v) is 5.94. The normalized spacial score (nSPS) is 16.1. The molecule has 1 aromatic carbocycles. The number of terminal acetylenes is 1. The van der Waals surface area contributed by atoms with Crippen LogP contribution in [0.2, 0.25) is 0 Å². The summed E-state index contributed by atoms with van der Waals surface area (Å²) in [6.45, 7) is 8.43. The fourth-order valence-corrected chi connectivity index (χ4v) is 4.11. The number of carbonyl (C=O) groups is 3. The molecule has 0 aliphatic heterocycles. The van der Waals surface area contributed by atoms with Gasteiger partial charge in [0, 0.05) is 17.6 Å². The molecule has 1 aliphatic rings. The Kier molecular flexibility index (Phi) is 10.1. The van der Waals surface area contributed by atoms with Crippen molar-refractivity contribution in [3.8, 4) is 12.3 Å². The average molecular weight is 486 g/mol. The second-order valence-corrected chi connectivity index (χ2v) is 10.0. The number of aliphatic hydroxyl groups is 1. The van der Waals surface area contributed by atoms with Crippen LogP contribution in [0.3, 0.4) is 0 Å². The van der Waals surface area contributed by atoms with Crippen LogP contribution in [0.25, 0.3) is 0 Å². The van der Waals surface area contributed by atoms with Gasteiger partial charge in [0.25, 0.3) is 0 Å². The average Bonchev–Trinajstić information content (AvgIpc) is 2.74. The molecule has 0 bridgehead atoms. The van der Waals surface area contributed by atoms with Crippen molar-refractivity contribution in [1.29, 1.82) is 0 Å². The summed E-state index contributed by atoms with van der Waals surface area (Å²) < 4.78 is 5.27. The van der Waals surface area contributed by atoms with Crippen molar-refractivity contribution in [2.75, 3.05) is 6.61 Å². The third-order valence-electron chi connectivity index (χ3n) is 5.94. The van der Waals surface area contributed by atoms with Crippen LogP contribution >= 0.6 is 0 Å². The predicted octanol–water partition coefficient (Wildman–Crippen LogP) is 3.28. The minimum Gasteiger partial charge on any atom is -0.444 e. The van der Waals surface area contributed by atoms with Gasteiger partial charge in [0.1, 0.15) is 17.7 Å². The van der Waals surface area contributed by atoms with Crippen molar-refractivity contribution in [3.05, 3.63) is 35.4 Å². The van der Waals surface area contributed by atoms with E-state index in [9.17, 15) is 19.5 Å². The van der Waals surface area contributed by atoms with E-state index in [1.54, 1.807) is 45.0 Å². The maximum atomic E-state index is 13.8. The topological polar surface area (TPSA) is 108 Å². The molecule has 8 nitrogen and oxygen atoms in total. The van der Waals surface area contributed by atoms with E-state index >= 15 is 0 Å². The Labute approximate surface area is 208 Å². The summed E-state index contributed by atoms with van der Waals surface area (Å²) in [6, 6.07) is 4.44. The molecule has 0 radical (unpaired) electrons. The minimum absolute atomic E-state index is 0.0973. The zero-order valence-corrected chi connectivity index (χ0v) is 21.5. The standard InChI is InChI=1S/C27H39N3O5/c1-7-12-18(3)28-24(32)23(21-16-10-9-13-19(21)8-2)30(20-14-11-15-20)25(33)22(17-31)29-26(34)35-27(4,5)6/h2,9-10,13,16,18,20,22-23,31H,7,11-12,14-15,17H2,1,3-6H3,(H,28,32)(H,29,34). The maximum absolute atomic E-state index is 13.8. The van der Waals surface area contributed by atoms with E-state index in [4.69, 9.17) is 11.2 Å². The maximum Gasteiger partial charge on any atom is 0.408 e. The summed E-state index contributed by atoms with van der Waals surface area (Å²) in [7, 11) is 0. The number of alkyl carbamates (subject to hydrolysis) is 1. The van der Waals surface area contributed by atoms with Crippen LogP contribution in [-0.2, 0) is 14.3 Å². The van der Waals surface area contributed by atoms with Crippen molar-refractivity contribution in [2.24, 2.45) is 0 Å². The number of amides is 3. The van der Waals surface area contributed by atoms with Crippen LogP contribution in [0, 0.1) is 12.3 Å². The number of carbonyl (C=O) groups excluding carboxylic acids is 3. The quantitative estimate of drug-likeness (QED) is 0.441. The lowest BCUT2D eigenvalue weighted by atomic mass is 9.87. The van der Waals surface area contributed by atoms with Gasteiger partial charge in [0.2, 0.25) is 11.8 Å². The van der Waals surface area contributed by atoms with Gasteiger partial charge in [-0.15, -0.1) is 6.42 Å². The summed E-state index contributed by atoms with van der Waals surface area (Å²) in [5.74, 6) is 1.72. The fraction of sp³-hybridized carbons (Fsp3) is 0.593. The molecule has 3 unspecified atom stereocenters. The van der Waals surface area contributed by atoms with Crippen LogP contribution in [0.1, 0.15) is 83.9 Å². The molecule has 192 valence electrons. The molecule has 0 aromatic heterocycles. The summed E-state index contributed by atoms with van der Waals surface area (Å²) in [4.78, 5) is 41.3. The Bertz CT molecular complexity index is 929. The summed E-state index contributed by atoms with van der Waals surface area (Å²) >= 11 is 0. The Morgan fingerprint density at radius 3 is 2.40 bits per heavy atom. The molecule has 1 fully saturated rings. The number of nitrogens with zero attached hydrogens (tertiary/aromatic N) is 1. The van der Waals surface area contributed by atoms with Gasteiger partial charge < -0.3 is 25.4 Å². The van der Waals surface area contributed by atoms with Gasteiger partial charge in [0.05, 0.1) is 6.61 Å². The zero-order chi connectivity index (χ0) is 26.2. The van der Waals surface area contributed by atoms with E-state index in [2.05, 4.69) is 16.6 Å². The Hall–Kier alpha value is -3.05. The minimum atomic E-state index is -1.27. The molecule has 35 heavy (non-hydrogen) atoms. The third kappa shape index (κ3) is 7.72. The van der Waals surface area contributed by atoms with Crippen molar-refractivity contribution in [1.82, 2.24) is 15.5 Å². The van der Waals surface area contributed by atoms with Gasteiger partial charge in [-0.05, 0) is 65.0 Å². The number of ether oxygens (including phenoxy) is 1.